The fourth-order valence-electron chi connectivity index (χ4n) is 4.64. The number of carbonyl (C=O) groups excluding carboxylic acids is 2. The molecule has 0 aliphatic carbocycles. The molecule has 0 atom stereocenters. The summed E-state index contributed by atoms with van der Waals surface area (Å²) < 4.78 is 6.46. The Hall–Kier alpha value is -4.05. The second-order valence-corrected chi connectivity index (χ2v) is 10.3. The molecule has 192 valence electrons. The van der Waals surface area contributed by atoms with Crippen molar-refractivity contribution in [2.45, 2.75) is 0 Å². The summed E-state index contributed by atoms with van der Waals surface area (Å²) in [5.74, 6) is -0.301. The predicted molar refractivity (Wildman–Crippen MR) is 151 cm³/mol. The van der Waals surface area contributed by atoms with Crippen molar-refractivity contribution in [2.75, 3.05) is 44.7 Å². The number of benzene rings is 3. The number of hydrogen-bond acceptors (Lipinski definition) is 6. The van der Waals surface area contributed by atoms with Gasteiger partial charge in [0.05, 0.1) is 23.6 Å². The number of hydrogen-bond donors (Lipinski definition) is 3. The van der Waals surface area contributed by atoms with Gasteiger partial charge in [0.15, 0.2) is 5.69 Å². The number of fused-ring (bicyclic) bond motifs is 2. The molecule has 5 aromatic rings. The number of anilines is 1. The SMILES string of the molecule is O=C(Nc1ccc(-c2ccc3c(C(=O)NCCN4CCOCC4)n[nH]c3c2)cc1)c1cc2ccccc2s1. The van der Waals surface area contributed by atoms with Crippen molar-refractivity contribution in [2.24, 2.45) is 0 Å². The summed E-state index contributed by atoms with van der Waals surface area (Å²) in [6.45, 7) is 4.63. The first-order chi connectivity index (χ1) is 18.6. The Morgan fingerprint density at radius 3 is 2.55 bits per heavy atom. The average molecular weight is 526 g/mol. The van der Waals surface area contributed by atoms with Gasteiger partial charge >= 0.3 is 0 Å². The van der Waals surface area contributed by atoms with E-state index in [9.17, 15) is 9.59 Å². The minimum atomic E-state index is -0.184. The maximum absolute atomic E-state index is 12.7. The summed E-state index contributed by atoms with van der Waals surface area (Å²) in [6.07, 6.45) is 0. The molecule has 6 rings (SSSR count). The number of morpholine rings is 1. The van der Waals surface area contributed by atoms with Crippen molar-refractivity contribution in [1.29, 1.82) is 0 Å². The van der Waals surface area contributed by atoms with Crippen LogP contribution < -0.4 is 10.6 Å². The minimum absolute atomic E-state index is 0.117. The lowest BCUT2D eigenvalue weighted by Gasteiger charge is -2.26. The Labute approximate surface area is 223 Å². The molecule has 0 radical (unpaired) electrons. The third-order valence-electron chi connectivity index (χ3n) is 6.72. The van der Waals surface area contributed by atoms with Gasteiger partial charge in [0, 0.05) is 42.0 Å². The number of amides is 2. The van der Waals surface area contributed by atoms with Crippen LogP contribution in [0.2, 0.25) is 0 Å². The first kappa shape index (κ1) is 24.3. The second-order valence-electron chi connectivity index (χ2n) is 9.22. The van der Waals surface area contributed by atoms with Crippen LogP contribution in [0.3, 0.4) is 0 Å². The number of nitrogens with zero attached hydrogens (tertiary/aromatic N) is 2. The molecule has 2 amide bonds. The Kier molecular flexibility index (Phi) is 6.87. The zero-order valence-corrected chi connectivity index (χ0v) is 21.5. The van der Waals surface area contributed by atoms with E-state index in [-0.39, 0.29) is 11.8 Å². The smallest absolute Gasteiger partial charge is 0.272 e. The number of ether oxygens (including phenoxy) is 1. The first-order valence-corrected chi connectivity index (χ1v) is 13.4. The van der Waals surface area contributed by atoms with E-state index in [1.807, 2.05) is 72.8 Å². The molecule has 0 bridgehead atoms. The molecule has 0 unspecified atom stereocenters. The summed E-state index contributed by atoms with van der Waals surface area (Å²) in [4.78, 5) is 28.4. The lowest BCUT2D eigenvalue weighted by molar-refractivity contribution is 0.0383. The molecule has 1 saturated heterocycles. The lowest BCUT2D eigenvalue weighted by atomic mass is 10.0. The molecule has 1 aliphatic rings. The van der Waals surface area contributed by atoms with Crippen LogP contribution in [0.1, 0.15) is 20.2 Å². The minimum Gasteiger partial charge on any atom is -0.379 e. The molecule has 3 aromatic carbocycles. The number of thiophene rings is 1. The standard InChI is InChI=1S/C29H27N5O3S/c35-28(26-18-21-3-1-2-4-25(21)38-26)31-22-8-5-19(6-9-22)20-7-10-23-24(17-20)32-33-27(23)29(36)30-11-12-34-13-15-37-16-14-34/h1-10,17-18H,11-16H2,(H,30,36)(H,31,35)(H,32,33). The van der Waals surface area contributed by atoms with Gasteiger partial charge in [0.2, 0.25) is 0 Å². The van der Waals surface area contributed by atoms with Crippen LogP contribution >= 0.6 is 11.3 Å². The third-order valence-corrected chi connectivity index (χ3v) is 7.84. The predicted octanol–water partition coefficient (Wildman–Crippen LogP) is 4.76. The van der Waals surface area contributed by atoms with Gasteiger partial charge in [-0.15, -0.1) is 11.3 Å². The summed E-state index contributed by atoms with van der Waals surface area (Å²) >= 11 is 1.48. The van der Waals surface area contributed by atoms with Crippen molar-refractivity contribution in [3.05, 3.63) is 83.4 Å². The Balaban J connectivity index is 1.10. The van der Waals surface area contributed by atoms with Gasteiger partial charge in [0.25, 0.3) is 11.8 Å². The molecule has 3 N–H and O–H groups in total. The summed E-state index contributed by atoms with van der Waals surface area (Å²) in [7, 11) is 0. The van der Waals surface area contributed by atoms with E-state index in [2.05, 4.69) is 25.7 Å². The quantitative estimate of drug-likeness (QED) is 0.285. The number of H-pyrrole nitrogens is 1. The van der Waals surface area contributed by atoms with Crippen molar-refractivity contribution in [3.8, 4) is 11.1 Å². The normalized spacial score (nSPS) is 14.1. The van der Waals surface area contributed by atoms with E-state index >= 15 is 0 Å². The summed E-state index contributed by atoms with van der Waals surface area (Å²) in [6, 6.07) is 23.5. The molecule has 1 fully saturated rings. The Morgan fingerprint density at radius 2 is 1.74 bits per heavy atom. The van der Waals surface area contributed by atoms with Gasteiger partial charge < -0.3 is 15.4 Å². The zero-order chi connectivity index (χ0) is 25.9. The maximum atomic E-state index is 12.7. The highest BCUT2D eigenvalue weighted by atomic mass is 32.1. The second kappa shape index (κ2) is 10.7. The van der Waals surface area contributed by atoms with Gasteiger partial charge in [0.1, 0.15) is 0 Å². The highest BCUT2D eigenvalue weighted by Gasteiger charge is 2.16. The van der Waals surface area contributed by atoms with E-state index < -0.39 is 0 Å². The Morgan fingerprint density at radius 1 is 0.947 bits per heavy atom. The largest absolute Gasteiger partial charge is 0.379 e. The first-order valence-electron chi connectivity index (χ1n) is 12.6. The number of nitrogens with one attached hydrogen (secondary N) is 3. The van der Waals surface area contributed by atoms with Gasteiger partial charge in [-0.1, -0.05) is 36.4 Å². The number of carbonyl (C=O) groups is 2. The summed E-state index contributed by atoms with van der Waals surface area (Å²) in [5.41, 5.74) is 3.91. The van der Waals surface area contributed by atoms with E-state index in [0.29, 0.717) is 17.1 Å². The molecule has 1 aliphatic heterocycles. The van der Waals surface area contributed by atoms with Crippen LogP contribution in [0, 0.1) is 0 Å². The van der Waals surface area contributed by atoms with Gasteiger partial charge in [-0.3, -0.25) is 19.6 Å². The fraction of sp³-hybridized carbons (Fsp3) is 0.207. The van der Waals surface area contributed by atoms with Gasteiger partial charge in [-0.2, -0.15) is 5.10 Å². The maximum Gasteiger partial charge on any atom is 0.272 e. The molecule has 8 nitrogen and oxygen atoms in total. The molecule has 9 heteroatoms. The number of aromatic amines is 1. The van der Waals surface area contributed by atoms with E-state index in [1.54, 1.807) is 0 Å². The van der Waals surface area contributed by atoms with E-state index in [0.717, 1.165) is 70.7 Å². The van der Waals surface area contributed by atoms with Crippen molar-refractivity contribution in [3.63, 3.8) is 0 Å². The molecular weight excluding hydrogens is 498 g/mol. The Bertz CT molecular complexity index is 1570. The third kappa shape index (κ3) is 5.17. The van der Waals surface area contributed by atoms with E-state index in [1.165, 1.54) is 11.3 Å². The molecule has 0 saturated carbocycles. The van der Waals surface area contributed by atoms with Crippen LogP contribution in [-0.2, 0) is 4.74 Å². The summed E-state index contributed by atoms with van der Waals surface area (Å²) in [5, 5.41) is 15.1. The van der Waals surface area contributed by atoms with Gasteiger partial charge in [-0.25, -0.2) is 0 Å². The molecule has 3 heterocycles. The zero-order valence-electron chi connectivity index (χ0n) is 20.7. The fourth-order valence-corrected chi connectivity index (χ4v) is 5.60. The number of rotatable bonds is 7. The highest BCUT2D eigenvalue weighted by molar-refractivity contribution is 7.20. The molecule has 0 spiro atoms. The monoisotopic (exact) mass is 525 g/mol. The molecule has 2 aromatic heterocycles. The topological polar surface area (TPSA) is 99.3 Å². The number of aromatic nitrogens is 2. The average Bonchev–Trinajstić information content (AvgIpc) is 3.58. The van der Waals surface area contributed by atoms with Crippen molar-refractivity contribution < 1.29 is 14.3 Å². The van der Waals surface area contributed by atoms with E-state index in [4.69, 9.17) is 4.74 Å². The van der Waals surface area contributed by atoms with Crippen LogP contribution in [0.4, 0.5) is 5.69 Å². The lowest BCUT2D eigenvalue weighted by Crippen LogP contribution is -2.41. The highest BCUT2D eigenvalue weighted by Crippen LogP contribution is 2.28. The molecular formula is C29H27N5O3S. The molecule has 38 heavy (non-hydrogen) atoms. The van der Waals surface area contributed by atoms with Crippen LogP contribution in [0.25, 0.3) is 32.1 Å². The van der Waals surface area contributed by atoms with Gasteiger partial charge in [-0.05, 0) is 52.9 Å². The van der Waals surface area contributed by atoms with Crippen molar-refractivity contribution in [1.82, 2.24) is 20.4 Å². The van der Waals surface area contributed by atoms with Crippen molar-refractivity contribution >= 4 is 49.8 Å². The van der Waals surface area contributed by atoms with Crippen LogP contribution in [0.5, 0.6) is 0 Å². The van der Waals surface area contributed by atoms with Crippen LogP contribution in [0.15, 0.2) is 72.8 Å². The van der Waals surface area contributed by atoms with Crippen LogP contribution in [-0.4, -0.2) is 66.3 Å².